The van der Waals surface area contributed by atoms with Crippen LogP contribution in [0.5, 0.6) is 11.5 Å². The number of allylic oxidation sites excluding steroid dienone is 1. The number of carbonyl (C=O) groups is 1. The predicted octanol–water partition coefficient (Wildman–Crippen LogP) is 4.41. The van der Waals surface area contributed by atoms with Crippen molar-refractivity contribution in [2.45, 2.75) is 13.3 Å². The van der Waals surface area contributed by atoms with Crippen molar-refractivity contribution in [3.05, 3.63) is 58.6 Å². The van der Waals surface area contributed by atoms with Crippen LogP contribution in [0.1, 0.15) is 29.3 Å². The fourth-order valence-electron chi connectivity index (χ4n) is 2.36. The van der Waals surface area contributed by atoms with Crippen LogP contribution in [0.4, 0.5) is 5.69 Å². The smallest absolute Gasteiger partial charge is 0.229 e. The maximum absolute atomic E-state index is 12.3. The Bertz CT molecular complexity index is 969. The third kappa shape index (κ3) is 6.28. The van der Waals surface area contributed by atoms with Crippen LogP contribution in [-0.2, 0) is 10.0 Å². The zero-order valence-corrected chi connectivity index (χ0v) is 17.4. The Morgan fingerprint density at radius 3 is 2.46 bits per heavy atom. The van der Waals surface area contributed by atoms with E-state index in [-0.39, 0.29) is 5.78 Å². The molecule has 0 aromatic heterocycles. The van der Waals surface area contributed by atoms with Gasteiger partial charge in [-0.05, 0) is 54.5 Å². The van der Waals surface area contributed by atoms with Gasteiger partial charge < -0.3 is 9.47 Å². The monoisotopic (exact) mass is 423 g/mol. The van der Waals surface area contributed by atoms with Crippen LogP contribution in [0, 0.1) is 0 Å². The van der Waals surface area contributed by atoms with Crippen LogP contribution in [-0.4, -0.2) is 34.2 Å². The second-order valence-electron chi connectivity index (χ2n) is 6.03. The molecule has 0 aliphatic heterocycles. The summed E-state index contributed by atoms with van der Waals surface area (Å²) in [6.45, 7) is 2.51. The number of anilines is 1. The predicted molar refractivity (Wildman–Crippen MR) is 112 cm³/mol. The number of ketones is 1. The van der Waals surface area contributed by atoms with Gasteiger partial charge in [-0.25, -0.2) is 8.42 Å². The lowest BCUT2D eigenvalue weighted by atomic mass is 10.1. The average Bonchev–Trinajstić information content (AvgIpc) is 2.64. The third-order valence-corrected chi connectivity index (χ3v) is 4.49. The molecule has 6 nitrogen and oxygen atoms in total. The van der Waals surface area contributed by atoms with Gasteiger partial charge in [0.05, 0.1) is 25.0 Å². The summed E-state index contributed by atoms with van der Waals surface area (Å²) in [7, 11) is -1.84. The Hall–Kier alpha value is -2.51. The molecule has 0 saturated heterocycles. The molecule has 0 unspecified atom stereocenters. The van der Waals surface area contributed by atoms with Crippen molar-refractivity contribution < 1.29 is 22.7 Å². The molecule has 0 saturated carbocycles. The fourth-order valence-corrected chi connectivity index (χ4v) is 3.20. The van der Waals surface area contributed by atoms with E-state index in [1.807, 2.05) is 6.92 Å². The maximum Gasteiger partial charge on any atom is 0.229 e. The van der Waals surface area contributed by atoms with Crippen molar-refractivity contribution in [2.24, 2.45) is 0 Å². The van der Waals surface area contributed by atoms with Crippen molar-refractivity contribution in [3.63, 3.8) is 0 Å². The Morgan fingerprint density at radius 2 is 1.89 bits per heavy atom. The van der Waals surface area contributed by atoms with Gasteiger partial charge in [0, 0.05) is 11.3 Å². The highest BCUT2D eigenvalue weighted by molar-refractivity contribution is 7.92. The first kappa shape index (κ1) is 21.8. The van der Waals surface area contributed by atoms with Gasteiger partial charge >= 0.3 is 0 Å². The summed E-state index contributed by atoms with van der Waals surface area (Å²) in [5.41, 5.74) is 1.51. The van der Waals surface area contributed by atoms with Crippen LogP contribution < -0.4 is 14.2 Å². The van der Waals surface area contributed by atoms with E-state index in [1.165, 1.54) is 25.3 Å². The summed E-state index contributed by atoms with van der Waals surface area (Å²) >= 11 is 6.27. The van der Waals surface area contributed by atoms with E-state index in [0.29, 0.717) is 39.9 Å². The van der Waals surface area contributed by atoms with Gasteiger partial charge in [-0.1, -0.05) is 24.6 Å². The molecular formula is C20H22ClNO5S. The van der Waals surface area contributed by atoms with E-state index in [0.717, 1.165) is 12.7 Å². The summed E-state index contributed by atoms with van der Waals surface area (Å²) in [6, 6.07) is 9.59. The van der Waals surface area contributed by atoms with Gasteiger partial charge in [-0.2, -0.15) is 0 Å². The minimum Gasteiger partial charge on any atom is -0.493 e. The number of hydrogen-bond donors (Lipinski definition) is 1. The first-order valence-electron chi connectivity index (χ1n) is 8.54. The second-order valence-corrected chi connectivity index (χ2v) is 8.19. The first-order valence-corrected chi connectivity index (χ1v) is 10.8. The van der Waals surface area contributed by atoms with Crippen LogP contribution in [0.3, 0.4) is 0 Å². The van der Waals surface area contributed by atoms with Gasteiger partial charge in [0.15, 0.2) is 17.3 Å². The number of ether oxygens (including phenoxy) is 2. The van der Waals surface area contributed by atoms with E-state index in [4.69, 9.17) is 21.1 Å². The lowest BCUT2D eigenvalue weighted by molar-refractivity contribution is 0.104. The topological polar surface area (TPSA) is 81.7 Å². The fraction of sp³-hybridized carbons (Fsp3) is 0.250. The van der Waals surface area contributed by atoms with E-state index in [2.05, 4.69) is 4.72 Å². The lowest BCUT2D eigenvalue weighted by Gasteiger charge is -2.12. The van der Waals surface area contributed by atoms with E-state index in [9.17, 15) is 13.2 Å². The van der Waals surface area contributed by atoms with Gasteiger partial charge in [0.2, 0.25) is 10.0 Å². The number of carbonyl (C=O) groups excluding carboxylic acids is 1. The lowest BCUT2D eigenvalue weighted by Crippen LogP contribution is -2.09. The Morgan fingerprint density at radius 1 is 1.21 bits per heavy atom. The number of benzene rings is 2. The van der Waals surface area contributed by atoms with Crippen LogP contribution in [0.2, 0.25) is 5.02 Å². The molecule has 0 aliphatic rings. The highest BCUT2D eigenvalue weighted by atomic mass is 35.5. The first-order chi connectivity index (χ1) is 13.2. The van der Waals surface area contributed by atoms with Gasteiger partial charge in [0.1, 0.15) is 0 Å². The summed E-state index contributed by atoms with van der Waals surface area (Å²) < 4.78 is 35.7. The highest BCUT2D eigenvalue weighted by Crippen LogP contribution is 2.36. The molecule has 2 aromatic rings. The van der Waals surface area contributed by atoms with Crippen LogP contribution >= 0.6 is 11.6 Å². The Labute approximate surface area is 170 Å². The largest absolute Gasteiger partial charge is 0.493 e. The van der Waals surface area contributed by atoms with Crippen molar-refractivity contribution in [2.75, 3.05) is 24.7 Å². The molecule has 8 heteroatoms. The number of hydrogen-bond acceptors (Lipinski definition) is 5. The zero-order chi connectivity index (χ0) is 20.7. The van der Waals surface area contributed by atoms with Crippen molar-refractivity contribution in [1.82, 2.24) is 0 Å². The van der Waals surface area contributed by atoms with E-state index >= 15 is 0 Å². The van der Waals surface area contributed by atoms with Crippen LogP contribution in [0.25, 0.3) is 6.08 Å². The molecular weight excluding hydrogens is 402 g/mol. The molecule has 0 heterocycles. The number of nitrogens with one attached hydrogen (secondary N) is 1. The minimum atomic E-state index is -3.36. The second kappa shape index (κ2) is 9.61. The number of rotatable bonds is 9. The molecule has 28 heavy (non-hydrogen) atoms. The maximum atomic E-state index is 12.3. The van der Waals surface area contributed by atoms with E-state index in [1.54, 1.807) is 30.3 Å². The molecule has 0 bridgehead atoms. The summed E-state index contributed by atoms with van der Waals surface area (Å²) in [6.07, 6.45) is 4.95. The molecule has 150 valence electrons. The molecule has 2 rings (SSSR count). The molecule has 0 atom stereocenters. The SMILES string of the molecule is CCCOc1c(Cl)cc(/C=C/C(=O)c2ccc(NS(C)(=O)=O)cc2)cc1OC. The van der Waals surface area contributed by atoms with Crippen LogP contribution in [0.15, 0.2) is 42.5 Å². The minimum absolute atomic E-state index is 0.229. The van der Waals surface area contributed by atoms with Gasteiger partial charge in [-0.3, -0.25) is 9.52 Å². The van der Waals surface area contributed by atoms with Crippen molar-refractivity contribution in [1.29, 1.82) is 0 Å². The zero-order valence-electron chi connectivity index (χ0n) is 15.9. The average molecular weight is 424 g/mol. The molecule has 1 N–H and O–H groups in total. The molecule has 2 aromatic carbocycles. The number of methoxy groups -OCH3 is 1. The van der Waals surface area contributed by atoms with E-state index < -0.39 is 10.0 Å². The third-order valence-electron chi connectivity index (χ3n) is 3.60. The Balaban J connectivity index is 2.16. The molecule has 0 amide bonds. The van der Waals surface area contributed by atoms with Gasteiger partial charge in [-0.15, -0.1) is 0 Å². The number of halogens is 1. The normalized spacial score (nSPS) is 11.4. The molecule has 0 aliphatic carbocycles. The van der Waals surface area contributed by atoms with Crippen molar-refractivity contribution in [3.8, 4) is 11.5 Å². The standard InChI is InChI=1S/C20H22ClNO5S/c1-4-11-27-20-17(21)12-14(13-19(20)26-2)5-10-18(23)15-6-8-16(9-7-15)22-28(3,24)25/h5-10,12-13,22H,4,11H2,1-3H3/b10-5+. The summed E-state index contributed by atoms with van der Waals surface area (Å²) in [5.74, 6) is 0.736. The Kier molecular flexibility index (Phi) is 7.48. The molecule has 0 spiro atoms. The molecule has 0 radical (unpaired) electrons. The molecule has 0 fully saturated rings. The highest BCUT2D eigenvalue weighted by Gasteiger charge is 2.11. The quantitative estimate of drug-likeness (QED) is 0.477. The number of sulfonamides is 1. The summed E-state index contributed by atoms with van der Waals surface area (Å²) in [5, 5.41) is 0.399. The van der Waals surface area contributed by atoms with Crippen molar-refractivity contribution >= 4 is 39.2 Å². The summed E-state index contributed by atoms with van der Waals surface area (Å²) in [4.78, 5) is 12.3. The van der Waals surface area contributed by atoms with Gasteiger partial charge in [0.25, 0.3) is 0 Å².